The number of thiocarbonyl (C=S) groups is 1. The smallest absolute Gasteiger partial charge is 0.229 e. The van der Waals surface area contributed by atoms with E-state index in [0.717, 1.165) is 16.9 Å². The molecular formula is C15H16N2OS. The van der Waals surface area contributed by atoms with E-state index in [-0.39, 0.29) is 0 Å². The molecule has 3 nitrogen and oxygen atoms in total. The van der Waals surface area contributed by atoms with Crippen LogP contribution in [0, 0.1) is 20.8 Å². The molecule has 0 bridgehead atoms. The lowest BCUT2D eigenvalue weighted by Gasteiger charge is -2.13. The predicted molar refractivity (Wildman–Crippen MR) is 80.9 cm³/mol. The van der Waals surface area contributed by atoms with Crippen LogP contribution in [-0.4, -0.2) is 9.97 Å². The standard InChI is InChI=1S/C15H16N2OS/c1-9-5-4-6-12(11(9)3)18-15-13(14(16)19)10(2)7-8-17-15/h4-8H,1-3H3,(H2,16,19). The van der Waals surface area contributed by atoms with Crippen LogP contribution in [0.1, 0.15) is 22.3 Å². The van der Waals surface area contributed by atoms with Gasteiger partial charge in [0.25, 0.3) is 0 Å². The van der Waals surface area contributed by atoms with Gasteiger partial charge in [-0.25, -0.2) is 4.98 Å². The molecule has 0 saturated carbocycles. The Hall–Kier alpha value is -1.94. The van der Waals surface area contributed by atoms with Crippen LogP contribution in [0.4, 0.5) is 0 Å². The number of nitrogens with zero attached hydrogens (tertiary/aromatic N) is 1. The van der Waals surface area contributed by atoms with E-state index in [9.17, 15) is 0 Å². The van der Waals surface area contributed by atoms with E-state index in [4.69, 9.17) is 22.7 Å². The highest BCUT2D eigenvalue weighted by Gasteiger charge is 2.13. The zero-order valence-electron chi connectivity index (χ0n) is 11.2. The van der Waals surface area contributed by atoms with Crippen molar-refractivity contribution >= 4 is 17.2 Å². The van der Waals surface area contributed by atoms with Crippen molar-refractivity contribution in [1.29, 1.82) is 0 Å². The van der Waals surface area contributed by atoms with Crippen molar-refractivity contribution in [3.8, 4) is 11.6 Å². The Morgan fingerprint density at radius 1 is 1.16 bits per heavy atom. The normalized spacial score (nSPS) is 10.3. The van der Waals surface area contributed by atoms with Crippen LogP contribution in [0.25, 0.3) is 0 Å². The molecule has 1 heterocycles. The van der Waals surface area contributed by atoms with Crippen molar-refractivity contribution in [2.45, 2.75) is 20.8 Å². The van der Waals surface area contributed by atoms with Crippen molar-refractivity contribution in [2.75, 3.05) is 0 Å². The molecular weight excluding hydrogens is 256 g/mol. The van der Waals surface area contributed by atoms with Gasteiger partial charge < -0.3 is 10.5 Å². The number of hydrogen-bond donors (Lipinski definition) is 1. The van der Waals surface area contributed by atoms with Gasteiger partial charge in [0.1, 0.15) is 10.7 Å². The van der Waals surface area contributed by atoms with Gasteiger partial charge in [-0.1, -0.05) is 24.4 Å². The molecule has 2 rings (SSSR count). The molecule has 0 unspecified atom stereocenters. The van der Waals surface area contributed by atoms with Gasteiger partial charge in [-0.15, -0.1) is 0 Å². The molecule has 2 N–H and O–H groups in total. The summed E-state index contributed by atoms with van der Waals surface area (Å²) in [5.74, 6) is 1.23. The summed E-state index contributed by atoms with van der Waals surface area (Å²) < 4.78 is 5.88. The second-order valence-electron chi connectivity index (χ2n) is 4.47. The lowest BCUT2D eigenvalue weighted by atomic mass is 10.1. The zero-order valence-corrected chi connectivity index (χ0v) is 12.0. The zero-order chi connectivity index (χ0) is 14.0. The number of aryl methyl sites for hydroxylation is 2. The van der Waals surface area contributed by atoms with E-state index in [1.807, 2.05) is 45.0 Å². The lowest BCUT2D eigenvalue weighted by molar-refractivity contribution is 0.457. The second-order valence-corrected chi connectivity index (χ2v) is 4.91. The Balaban J connectivity index is 2.47. The first kappa shape index (κ1) is 13.5. The summed E-state index contributed by atoms with van der Waals surface area (Å²) in [7, 11) is 0. The lowest BCUT2D eigenvalue weighted by Crippen LogP contribution is -2.13. The minimum atomic E-state index is 0.297. The van der Waals surface area contributed by atoms with E-state index >= 15 is 0 Å². The summed E-state index contributed by atoms with van der Waals surface area (Å²) in [6.07, 6.45) is 1.69. The SMILES string of the molecule is Cc1cccc(Oc2nccc(C)c2C(N)=S)c1C. The second kappa shape index (κ2) is 5.36. The van der Waals surface area contributed by atoms with Gasteiger partial charge >= 0.3 is 0 Å². The number of pyridine rings is 1. The molecule has 0 amide bonds. The van der Waals surface area contributed by atoms with Gasteiger partial charge in [-0.3, -0.25) is 0 Å². The van der Waals surface area contributed by atoms with Gasteiger partial charge in [0.15, 0.2) is 0 Å². The van der Waals surface area contributed by atoms with E-state index in [2.05, 4.69) is 4.98 Å². The van der Waals surface area contributed by atoms with Crippen molar-refractivity contribution in [1.82, 2.24) is 4.98 Å². The third-order valence-corrected chi connectivity index (χ3v) is 3.34. The Kier molecular flexibility index (Phi) is 3.81. The Morgan fingerprint density at radius 3 is 2.58 bits per heavy atom. The fourth-order valence-electron chi connectivity index (χ4n) is 1.85. The maximum atomic E-state index is 5.88. The van der Waals surface area contributed by atoms with E-state index in [0.29, 0.717) is 16.4 Å². The highest BCUT2D eigenvalue weighted by molar-refractivity contribution is 7.80. The molecule has 98 valence electrons. The molecule has 0 aliphatic rings. The van der Waals surface area contributed by atoms with Crippen molar-refractivity contribution in [3.63, 3.8) is 0 Å². The van der Waals surface area contributed by atoms with Gasteiger partial charge in [0, 0.05) is 6.20 Å². The Bertz CT molecular complexity index is 638. The van der Waals surface area contributed by atoms with Crippen LogP contribution in [0.3, 0.4) is 0 Å². The number of hydrogen-bond acceptors (Lipinski definition) is 3. The quantitative estimate of drug-likeness (QED) is 0.870. The van der Waals surface area contributed by atoms with Crippen molar-refractivity contribution in [2.24, 2.45) is 5.73 Å². The molecule has 0 atom stereocenters. The maximum absolute atomic E-state index is 5.88. The monoisotopic (exact) mass is 272 g/mol. The average molecular weight is 272 g/mol. The Labute approximate surface area is 118 Å². The van der Waals surface area contributed by atoms with Gasteiger partial charge in [-0.05, 0) is 49.6 Å². The van der Waals surface area contributed by atoms with Crippen LogP contribution in [0.5, 0.6) is 11.6 Å². The summed E-state index contributed by atoms with van der Waals surface area (Å²) in [4.78, 5) is 4.53. The van der Waals surface area contributed by atoms with Crippen LogP contribution in [0.15, 0.2) is 30.5 Å². The first-order chi connectivity index (χ1) is 9.00. The molecule has 19 heavy (non-hydrogen) atoms. The molecule has 0 aliphatic heterocycles. The van der Waals surface area contributed by atoms with Crippen LogP contribution >= 0.6 is 12.2 Å². The minimum Gasteiger partial charge on any atom is -0.438 e. The van der Waals surface area contributed by atoms with Gasteiger partial charge in [0.05, 0.1) is 5.56 Å². The summed E-state index contributed by atoms with van der Waals surface area (Å²) in [6, 6.07) is 7.77. The third kappa shape index (κ3) is 2.74. The summed E-state index contributed by atoms with van der Waals surface area (Å²) >= 11 is 5.07. The first-order valence-electron chi connectivity index (χ1n) is 6.00. The highest BCUT2D eigenvalue weighted by Crippen LogP contribution is 2.28. The fraction of sp³-hybridized carbons (Fsp3) is 0.200. The Morgan fingerprint density at radius 2 is 1.89 bits per heavy atom. The molecule has 0 spiro atoms. The number of ether oxygens (including phenoxy) is 1. The average Bonchev–Trinajstić information content (AvgIpc) is 2.34. The molecule has 1 aromatic heterocycles. The predicted octanol–water partition coefficient (Wildman–Crippen LogP) is 3.43. The van der Waals surface area contributed by atoms with Crippen LogP contribution < -0.4 is 10.5 Å². The molecule has 0 fully saturated rings. The van der Waals surface area contributed by atoms with Crippen molar-refractivity contribution < 1.29 is 4.74 Å². The molecule has 2 aromatic rings. The molecule has 0 saturated heterocycles. The summed E-state index contributed by atoms with van der Waals surface area (Å²) in [6.45, 7) is 5.99. The first-order valence-corrected chi connectivity index (χ1v) is 6.41. The fourth-order valence-corrected chi connectivity index (χ4v) is 2.10. The maximum Gasteiger partial charge on any atom is 0.229 e. The van der Waals surface area contributed by atoms with E-state index < -0.39 is 0 Å². The minimum absolute atomic E-state index is 0.297. The largest absolute Gasteiger partial charge is 0.438 e. The van der Waals surface area contributed by atoms with Crippen molar-refractivity contribution in [3.05, 3.63) is 52.7 Å². The topological polar surface area (TPSA) is 48.1 Å². The number of rotatable bonds is 3. The number of aromatic nitrogens is 1. The van der Waals surface area contributed by atoms with Gasteiger partial charge in [0.2, 0.25) is 5.88 Å². The summed E-state index contributed by atoms with van der Waals surface area (Å²) in [5.41, 5.74) is 9.65. The van der Waals surface area contributed by atoms with Crippen LogP contribution in [-0.2, 0) is 0 Å². The van der Waals surface area contributed by atoms with E-state index in [1.54, 1.807) is 6.20 Å². The number of benzene rings is 1. The molecule has 0 radical (unpaired) electrons. The third-order valence-electron chi connectivity index (χ3n) is 3.13. The summed E-state index contributed by atoms with van der Waals surface area (Å²) in [5, 5.41) is 0. The van der Waals surface area contributed by atoms with Crippen LogP contribution in [0.2, 0.25) is 0 Å². The molecule has 0 aliphatic carbocycles. The van der Waals surface area contributed by atoms with E-state index in [1.165, 1.54) is 5.56 Å². The van der Waals surface area contributed by atoms with Gasteiger partial charge in [-0.2, -0.15) is 0 Å². The highest BCUT2D eigenvalue weighted by atomic mass is 32.1. The number of nitrogens with two attached hydrogens (primary N) is 1. The molecule has 4 heteroatoms. The molecule has 1 aromatic carbocycles.